The zero-order valence-electron chi connectivity index (χ0n) is 22.6. The number of aryl methyl sites for hydroxylation is 1. The first-order chi connectivity index (χ1) is 20.2. The molecule has 2 amide bonds. The van der Waals surface area contributed by atoms with Crippen molar-refractivity contribution in [2.24, 2.45) is 5.92 Å². The highest BCUT2D eigenvalue weighted by molar-refractivity contribution is 7.93. The fourth-order valence-corrected chi connectivity index (χ4v) is 7.55. The number of nitrogens with zero attached hydrogens (tertiary/aromatic N) is 2. The quantitative estimate of drug-likeness (QED) is 0.196. The van der Waals surface area contributed by atoms with Gasteiger partial charge in [0, 0.05) is 17.5 Å². The minimum absolute atomic E-state index is 0.0157. The molecule has 0 aliphatic carbocycles. The number of carbonyl (C=O) groups excluding carboxylic acids is 3. The fourth-order valence-electron chi connectivity index (χ4n) is 5.54. The Morgan fingerprint density at radius 1 is 1.02 bits per heavy atom. The first-order valence-electron chi connectivity index (χ1n) is 13.0. The molecule has 0 radical (unpaired) electrons. The number of ether oxygens (including phenoxy) is 2. The number of aromatic nitrogens is 1. The molecule has 11 nitrogen and oxygen atoms in total. The van der Waals surface area contributed by atoms with Crippen molar-refractivity contribution in [3.05, 3.63) is 95.9 Å². The van der Waals surface area contributed by atoms with Crippen molar-refractivity contribution in [3.8, 4) is 17.2 Å². The number of sulfonamides is 1. The van der Waals surface area contributed by atoms with Crippen molar-refractivity contribution in [1.82, 2.24) is 10.3 Å². The minimum Gasteiger partial charge on any atom is -0.493 e. The highest BCUT2D eigenvalue weighted by atomic mass is 32.2. The number of hydrogen-bond acceptors (Lipinski definition) is 9. The molecule has 1 saturated heterocycles. The topological polar surface area (TPSA) is 145 Å². The maximum absolute atomic E-state index is 13.8. The fraction of sp³-hybridized carbons (Fsp3) is 0.200. The maximum Gasteiger partial charge on any atom is 0.321 e. The van der Waals surface area contributed by atoms with Gasteiger partial charge in [-0.3, -0.25) is 19.7 Å². The van der Waals surface area contributed by atoms with E-state index < -0.39 is 39.3 Å². The molecule has 214 valence electrons. The van der Waals surface area contributed by atoms with Crippen molar-refractivity contribution in [1.29, 1.82) is 0 Å². The number of benzene rings is 3. The first kappa shape index (κ1) is 27.2. The van der Waals surface area contributed by atoms with Gasteiger partial charge in [-0.25, -0.2) is 17.7 Å². The van der Waals surface area contributed by atoms with Crippen LogP contribution in [0.15, 0.2) is 88.2 Å². The zero-order valence-corrected chi connectivity index (χ0v) is 23.4. The van der Waals surface area contributed by atoms with Crippen molar-refractivity contribution in [2.75, 3.05) is 18.0 Å². The van der Waals surface area contributed by atoms with Gasteiger partial charge in [-0.2, -0.15) is 0 Å². The van der Waals surface area contributed by atoms with Crippen LogP contribution in [-0.2, 0) is 41.1 Å². The lowest BCUT2D eigenvalue weighted by atomic mass is 9.79. The summed E-state index contributed by atoms with van der Waals surface area (Å²) < 4.78 is 45.0. The zero-order chi connectivity index (χ0) is 29.6. The van der Waals surface area contributed by atoms with Gasteiger partial charge < -0.3 is 13.9 Å². The third-order valence-corrected chi connectivity index (χ3v) is 9.32. The summed E-state index contributed by atoms with van der Waals surface area (Å²) in [5, 5.41) is 2.14. The van der Waals surface area contributed by atoms with E-state index in [1.54, 1.807) is 18.2 Å². The second-order valence-corrected chi connectivity index (χ2v) is 11.5. The third-order valence-electron chi connectivity index (χ3n) is 7.43. The molecule has 2 aliphatic heterocycles. The lowest BCUT2D eigenvalue weighted by molar-refractivity contribution is -0.151. The predicted octanol–water partition coefficient (Wildman–Crippen LogP) is 3.12. The summed E-state index contributed by atoms with van der Waals surface area (Å²) in [5.41, 5.74) is -0.492. The number of fused-ring (bicyclic) bond motifs is 2. The largest absolute Gasteiger partial charge is 0.493 e. The molecule has 3 aromatic carbocycles. The number of esters is 1. The summed E-state index contributed by atoms with van der Waals surface area (Å²) in [4.78, 5) is 43.5. The molecular formula is C30H25N3O8S. The summed E-state index contributed by atoms with van der Waals surface area (Å²) in [7, 11) is -3.29. The van der Waals surface area contributed by atoms with Gasteiger partial charge in [0.2, 0.25) is 11.8 Å². The molecule has 3 heterocycles. The molecule has 1 N–H and O–H groups in total. The molecule has 6 rings (SSSR count). The number of nitrogens with one attached hydrogen (secondary N) is 1. The van der Waals surface area contributed by atoms with Crippen molar-refractivity contribution in [3.63, 3.8) is 0 Å². The average Bonchev–Trinajstić information content (AvgIpc) is 3.56. The number of rotatable bonds is 7. The Hall–Kier alpha value is -4.97. The Morgan fingerprint density at radius 2 is 1.71 bits per heavy atom. The van der Waals surface area contributed by atoms with Gasteiger partial charge in [0.05, 0.1) is 30.0 Å². The van der Waals surface area contributed by atoms with Gasteiger partial charge in [0.1, 0.15) is 11.5 Å². The predicted molar refractivity (Wildman–Crippen MR) is 149 cm³/mol. The Kier molecular flexibility index (Phi) is 6.57. The molecule has 2 unspecified atom stereocenters. The van der Waals surface area contributed by atoms with E-state index in [2.05, 4.69) is 10.3 Å². The third kappa shape index (κ3) is 4.05. The van der Waals surface area contributed by atoms with Crippen LogP contribution in [0.4, 0.5) is 5.69 Å². The van der Waals surface area contributed by atoms with E-state index in [0.717, 1.165) is 22.7 Å². The van der Waals surface area contributed by atoms with Gasteiger partial charge in [0.15, 0.2) is 11.5 Å². The van der Waals surface area contributed by atoms with Gasteiger partial charge >= 0.3 is 5.97 Å². The van der Waals surface area contributed by atoms with Crippen molar-refractivity contribution >= 4 is 33.5 Å². The van der Waals surface area contributed by atoms with Crippen LogP contribution in [0.5, 0.6) is 5.75 Å². The Bertz CT molecular complexity index is 1820. The Balaban J connectivity index is 1.28. The van der Waals surface area contributed by atoms with Gasteiger partial charge in [-0.15, -0.1) is 0 Å². The molecule has 1 fully saturated rings. The number of oxazole rings is 1. The van der Waals surface area contributed by atoms with Gasteiger partial charge in [0.25, 0.3) is 15.9 Å². The minimum atomic E-state index is -4.36. The lowest BCUT2D eigenvalue weighted by Crippen LogP contribution is -2.55. The van der Waals surface area contributed by atoms with Crippen LogP contribution in [0.1, 0.15) is 17.0 Å². The Labute approximate surface area is 241 Å². The summed E-state index contributed by atoms with van der Waals surface area (Å²) in [5.74, 6) is -3.03. The molecule has 1 spiro atoms. The summed E-state index contributed by atoms with van der Waals surface area (Å²) in [6, 6.07) is 21.4. The molecule has 4 aromatic rings. The smallest absolute Gasteiger partial charge is 0.321 e. The van der Waals surface area contributed by atoms with E-state index in [1.807, 2.05) is 37.3 Å². The summed E-state index contributed by atoms with van der Waals surface area (Å²) in [6.45, 7) is 2.10. The number of carbonyl (C=O) groups is 3. The standard InChI is InChI=1S/C30H25N3O8S/c1-18-23(31-27(41-18)19-8-4-3-5-9-19)16-17-40-21-14-12-20(13-15-21)33-30(22-10-6-7-11-24(22)42(33,37)38)25(28(35)39-2)26(34)32-29(30)36/h3-15,25H,16-17H2,1-2H3,(H,32,34,36). The molecule has 42 heavy (non-hydrogen) atoms. The highest BCUT2D eigenvalue weighted by Gasteiger charge is 2.71. The van der Waals surface area contributed by atoms with Crippen LogP contribution < -0.4 is 14.4 Å². The molecule has 1 aromatic heterocycles. The van der Waals surface area contributed by atoms with E-state index in [0.29, 0.717) is 23.8 Å². The van der Waals surface area contributed by atoms with Gasteiger partial charge in [-0.05, 0) is 49.4 Å². The number of hydrogen-bond donors (Lipinski definition) is 1. The maximum atomic E-state index is 13.8. The number of imide groups is 1. The Morgan fingerprint density at radius 3 is 2.43 bits per heavy atom. The highest BCUT2D eigenvalue weighted by Crippen LogP contribution is 2.53. The molecule has 2 aliphatic rings. The normalized spacial score (nSPS) is 20.4. The molecule has 0 saturated carbocycles. The van der Waals surface area contributed by atoms with Crippen molar-refractivity contribution in [2.45, 2.75) is 23.8 Å². The van der Waals surface area contributed by atoms with Crippen molar-refractivity contribution < 1.29 is 36.7 Å². The lowest BCUT2D eigenvalue weighted by Gasteiger charge is -2.35. The monoisotopic (exact) mass is 587 g/mol. The molecular weight excluding hydrogens is 562 g/mol. The molecule has 0 bridgehead atoms. The number of methoxy groups -OCH3 is 1. The van der Waals surface area contributed by atoms with E-state index in [4.69, 9.17) is 13.9 Å². The number of anilines is 1. The SMILES string of the molecule is COC(=O)C1C(=O)NC(=O)C12c1ccccc1S(=O)(=O)N2c1ccc(OCCc2nc(-c3ccccc3)oc2C)cc1. The van der Waals surface area contributed by atoms with E-state index in [-0.39, 0.29) is 22.8 Å². The first-order valence-corrected chi connectivity index (χ1v) is 14.5. The average molecular weight is 588 g/mol. The molecule has 12 heteroatoms. The van der Waals surface area contributed by atoms with E-state index >= 15 is 0 Å². The van der Waals surface area contributed by atoms with Crippen LogP contribution in [0.2, 0.25) is 0 Å². The second-order valence-electron chi connectivity index (χ2n) is 9.79. The summed E-state index contributed by atoms with van der Waals surface area (Å²) >= 11 is 0. The van der Waals surface area contributed by atoms with Crippen LogP contribution in [-0.4, -0.2) is 44.9 Å². The van der Waals surface area contributed by atoms with Crippen LogP contribution in [0.3, 0.4) is 0 Å². The van der Waals surface area contributed by atoms with Gasteiger partial charge in [-0.1, -0.05) is 36.4 Å². The second kappa shape index (κ2) is 10.1. The van der Waals surface area contributed by atoms with Crippen LogP contribution in [0, 0.1) is 12.8 Å². The molecule has 2 atom stereocenters. The summed E-state index contributed by atoms with van der Waals surface area (Å²) in [6.07, 6.45) is 0.464. The van der Waals surface area contributed by atoms with E-state index in [9.17, 15) is 22.8 Å². The number of amides is 2. The van der Waals surface area contributed by atoms with Crippen LogP contribution >= 0.6 is 0 Å². The van der Waals surface area contributed by atoms with Crippen LogP contribution in [0.25, 0.3) is 11.5 Å². The van der Waals surface area contributed by atoms with E-state index in [1.165, 1.54) is 30.3 Å².